The van der Waals surface area contributed by atoms with E-state index in [0.717, 1.165) is 0 Å². The van der Waals surface area contributed by atoms with Crippen molar-refractivity contribution in [2.24, 2.45) is 0 Å². The molecule has 0 aliphatic heterocycles. The van der Waals surface area contributed by atoms with Crippen molar-refractivity contribution >= 4 is 62.6 Å². The van der Waals surface area contributed by atoms with Crippen molar-refractivity contribution in [1.29, 1.82) is 5.26 Å². The number of benzene rings is 3. The lowest BCUT2D eigenvalue weighted by atomic mass is 10.1. The van der Waals surface area contributed by atoms with Crippen LogP contribution in [0.3, 0.4) is 0 Å². The molecule has 0 unspecified atom stereocenters. The second-order valence-electron chi connectivity index (χ2n) is 7.01. The van der Waals surface area contributed by atoms with Gasteiger partial charge in [0.1, 0.15) is 22.3 Å². The van der Waals surface area contributed by atoms with E-state index in [1.807, 2.05) is 0 Å². The Morgan fingerprint density at radius 1 is 0.971 bits per heavy atom. The lowest BCUT2D eigenvalue weighted by Crippen LogP contribution is -2.14. The van der Waals surface area contributed by atoms with Gasteiger partial charge in [-0.25, -0.2) is 0 Å². The predicted octanol–water partition coefficient (Wildman–Crippen LogP) is 5.27. The zero-order valence-corrected chi connectivity index (χ0v) is 20.4. The molecule has 3 aromatic rings. The van der Waals surface area contributed by atoms with Crippen LogP contribution in [0, 0.1) is 11.3 Å². The number of nitrogens with zero attached hydrogens (tertiary/aromatic N) is 1. The maximum atomic E-state index is 12.8. The van der Waals surface area contributed by atoms with Crippen molar-refractivity contribution in [3.8, 4) is 11.8 Å². The Bertz CT molecular complexity index is 1460. The van der Waals surface area contributed by atoms with Crippen molar-refractivity contribution < 1.29 is 22.2 Å². The fraction of sp³-hybridized carbons (Fsp3) is 0.0417. The first-order valence-corrected chi connectivity index (χ1v) is 12.1. The molecule has 0 saturated carbocycles. The standard InChI is InChI=1S/C24H17Cl2N3O5S/c1-15(30)28-18-9-11-19(12-10-18)35(32,33)34-22-8-3-2-5-16(22)13-17(14-27)24(31)29-21-7-4-6-20(25)23(21)26/h2-13H,1H3,(H,28,30)(H,29,31)/b17-13+. The van der Waals surface area contributed by atoms with Crippen LogP contribution in [0.4, 0.5) is 11.4 Å². The molecule has 2 N–H and O–H groups in total. The van der Waals surface area contributed by atoms with Gasteiger partial charge in [-0.05, 0) is 48.5 Å². The molecular formula is C24H17Cl2N3O5S. The second-order valence-corrected chi connectivity index (χ2v) is 9.34. The monoisotopic (exact) mass is 529 g/mol. The predicted molar refractivity (Wildman–Crippen MR) is 134 cm³/mol. The van der Waals surface area contributed by atoms with Crippen molar-refractivity contribution in [1.82, 2.24) is 0 Å². The van der Waals surface area contributed by atoms with E-state index in [1.54, 1.807) is 30.3 Å². The summed E-state index contributed by atoms with van der Waals surface area (Å²) in [6.45, 7) is 1.33. The molecule has 178 valence electrons. The number of anilines is 2. The average molecular weight is 530 g/mol. The molecule has 0 aromatic heterocycles. The maximum absolute atomic E-state index is 12.8. The normalized spacial score (nSPS) is 11.3. The molecule has 0 aliphatic rings. The number of para-hydroxylation sites is 1. The van der Waals surface area contributed by atoms with Crippen LogP contribution >= 0.6 is 23.2 Å². The number of hydrogen-bond donors (Lipinski definition) is 2. The molecule has 0 radical (unpaired) electrons. The number of carbonyl (C=O) groups is 2. The molecule has 0 spiro atoms. The van der Waals surface area contributed by atoms with Crippen LogP contribution in [-0.4, -0.2) is 20.2 Å². The van der Waals surface area contributed by atoms with E-state index < -0.39 is 16.0 Å². The quantitative estimate of drug-likeness (QED) is 0.244. The third-order valence-corrected chi connectivity index (χ3v) is 6.51. The first kappa shape index (κ1) is 25.8. The molecule has 3 aromatic carbocycles. The first-order valence-electron chi connectivity index (χ1n) is 9.89. The summed E-state index contributed by atoms with van der Waals surface area (Å²) in [5.74, 6) is -1.17. The van der Waals surface area contributed by atoms with Crippen LogP contribution < -0.4 is 14.8 Å². The summed E-state index contributed by atoms with van der Waals surface area (Å²) < 4.78 is 30.8. The Kier molecular flexibility index (Phi) is 8.14. The molecule has 3 rings (SSSR count). The Balaban J connectivity index is 1.87. The Labute approximate surface area is 211 Å². The minimum atomic E-state index is -4.26. The lowest BCUT2D eigenvalue weighted by molar-refractivity contribution is -0.114. The molecule has 11 heteroatoms. The first-order chi connectivity index (χ1) is 16.6. The highest BCUT2D eigenvalue weighted by atomic mass is 35.5. The van der Waals surface area contributed by atoms with Gasteiger partial charge in [0.25, 0.3) is 5.91 Å². The zero-order valence-electron chi connectivity index (χ0n) is 18.1. The molecule has 0 atom stereocenters. The number of nitriles is 1. The summed E-state index contributed by atoms with van der Waals surface area (Å²) >= 11 is 12.0. The molecule has 2 amide bonds. The fourth-order valence-corrected chi connectivity index (χ4v) is 4.15. The smallest absolute Gasteiger partial charge is 0.339 e. The van der Waals surface area contributed by atoms with Crippen LogP contribution in [0.5, 0.6) is 5.75 Å². The van der Waals surface area contributed by atoms with E-state index in [-0.39, 0.29) is 43.4 Å². The number of carbonyl (C=O) groups excluding carboxylic acids is 2. The summed E-state index contributed by atoms with van der Waals surface area (Å²) in [7, 11) is -4.26. The number of halogens is 2. The minimum Gasteiger partial charge on any atom is -0.378 e. The molecule has 0 aliphatic carbocycles. The number of hydrogen-bond acceptors (Lipinski definition) is 6. The van der Waals surface area contributed by atoms with Crippen LogP contribution in [0.25, 0.3) is 6.08 Å². The molecule has 8 nitrogen and oxygen atoms in total. The van der Waals surface area contributed by atoms with Crippen molar-refractivity contribution in [2.45, 2.75) is 11.8 Å². The Morgan fingerprint density at radius 3 is 2.31 bits per heavy atom. The Hall–Kier alpha value is -3.84. The topological polar surface area (TPSA) is 125 Å². The summed E-state index contributed by atoms with van der Waals surface area (Å²) in [6.07, 6.45) is 1.19. The van der Waals surface area contributed by atoms with Gasteiger partial charge < -0.3 is 14.8 Å². The molecule has 0 heterocycles. The number of nitrogens with one attached hydrogen (secondary N) is 2. The van der Waals surface area contributed by atoms with Crippen molar-refractivity contribution in [3.05, 3.63) is 87.9 Å². The van der Waals surface area contributed by atoms with Gasteiger partial charge in [-0.3, -0.25) is 9.59 Å². The zero-order chi connectivity index (χ0) is 25.6. The van der Waals surface area contributed by atoms with Crippen LogP contribution in [0.15, 0.2) is 77.2 Å². The summed E-state index contributed by atoms with van der Waals surface area (Å²) in [5, 5.41) is 14.9. The van der Waals surface area contributed by atoms with Gasteiger partial charge in [0.05, 0.1) is 15.7 Å². The van der Waals surface area contributed by atoms with Gasteiger partial charge in [0.15, 0.2) is 0 Å². The highest BCUT2D eigenvalue weighted by Crippen LogP contribution is 2.30. The van der Waals surface area contributed by atoms with E-state index in [2.05, 4.69) is 10.6 Å². The molecule has 35 heavy (non-hydrogen) atoms. The van der Waals surface area contributed by atoms with Crippen LogP contribution in [0.1, 0.15) is 12.5 Å². The minimum absolute atomic E-state index is 0.0974. The third-order valence-electron chi connectivity index (χ3n) is 4.45. The van der Waals surface area contributed by atoms with Crippen LogP contribution in [-0.2, 0) is 19.7 Å². The van der Waals surface area contributed by atoms with Gasteiger partial charge in [0, 0.05) is 18.2 Å². The van der Waals surface area contributed by atoms with Gasteiger partial charge in [-0.15, -0.1) is 0 Å². The fourth-order valence-electron chi connectivity index (χ4n) is 2.84. The van der Waals surface area contributed by atoms with E-state index in [4.69, 9.17) is 27.4 Å². The van der Waals surface area contributed by atoms with E-state index in [0.29, 0.717) is 5.69 Å². The number of amides is 2. The molecular weight excluding hydrogens is 513 g/mol. The molecule has 0 bridgehead atoms. The summed E-state index contributed by atoms with van der Waals surface area (Å²) in [4.78, 5) is 23.6. The molecule has 0 saturated heterocycles. The van der Waals surface area contributed by atoms with E-state index in [1.165, 1.54) is 55.5 Å². The van der Waals surface area contributed by atoms with Gasteiger partial charge in [-0.1, -0.05) is 47.5 Å². The lowest BCUT2D eigenvalue weighted by Gasteiger charge is -2.11. The SMILES string of the molecule is CC(=O)Nc1ccc(S(=O)(=O)Oc2ccccc2/C=C(\C#N)C(=O)Nc2cccc(Cl)c2Cl)cc1. The van der Waals surface area contributed by atoms with Gasteiger partial charge in [0.2, 0.25) is 5.91 Å². The average Bonchev–Trinajstić information content (AvgIpc) is 2.81. The van der Waals surface area contributed by atoms with Crippen molar-refractivity contribution in [3.63, 3.8) is 0 Å². The van der Waals surface area contributed by atoms with Gasteiger partial charge >= 0.3 is 10.1 Å². The highest BCUT2D eigenvalue weighted by Gasteiger charge is 2.19. The summed E-state index contributed by atoms with van der Waals surface area (Å²) in [5.41, 5.74) is 0.480. The van der Waals surface area contributed by atoms with Gasteiger partial charge in [-0.2, -0.15) is 13.7 Å². The molecule has 0 fully saturated rings. The van der Waals surface area contributed by atoms with Crippen molar-refractivity contribution in [2.75, 3.05) is 10.6 Å². The highest BCUT2D eigenvalue weighted by molar-refractivity contribution is 7.87. The summed E-state index contributed by atoms with van der Waals surface area (Å²) in [6, 6.07) is 17.8. The largest absolute Gasteiger partial charge is 0.378 e. The number of rotatable bonds is 7. The maximum Gasteiger partial charge on any atom is 0.339 e. The van der Waals surface area contributed by atoms with E-state index >= 15 is 0 Å². The second kappa shape index (κ2) is 11.1. The Morgan fingerprint density at radius 2 is 1.66 bits per heavy atom. The third kappa shape index (κ3) is 6.61. The van der Waals surface area contributed by atoms with E-state index in [9.17, 15) is 23.3 Å². The van der Waals surface area contributed by atoms with Crippen LogP contribution in [0.2, 0.25) is 10.0 Å².